The van der Waals surface area contributed by atoms with E-state index in [1.165, 1.54) is 0 Å². The molecule has 0 aliphatic rings. The molecule has 0 radical (unpaired) electrons. The van der Waals surface area contributed by atoms with Crippen molar-refractivity contribution in [2.24, 2.45) is 5.73 Å². The number of halogens is 1. The maximum absolute atomic E-state index is 12.0. The van der Waals surface area contributed by atoms with Gasteiger partial charge in [0.25, 0.3) is 0 Å². The summed E-state index contributed by atoms with van der Waals surface area (Å²) in [6, 6.07) is 12.1. The summed E-state index contributed by atoms with van der Waals surface area (Å²) in [4.78, 5) is 12.0. The topological polar surface area (TPSA) is 64.3 Å². The molecule has 0 aromatic heterocycles. The Kier molecular flexibility index (Phi) is 9.20. The Morgan fingerprint density at radius 3 is 2.58 bits per heavy atom. The van der Waals surface area contributed by atoms with E-state index in [1.807, 2.05) is 24.3 Å². The maximum Gasteiger partial charge on any atom is 0.220 e. The zero-order chi connectivity index (χ0) is 16.5. The van der Waals surface area contributed by atoms with Crippen molar-refractivity contribution in [3.8, 4) is 5.75 Å². The number of nitrogens with two attached hydrogens (primary N) is 1. The zero-order valence-corrected chi connectivity index (χ0v) is 15.0. The minimum Gasteiger partial charge on any atom is -0.496 e. The summed E-state index contributed by atoms with van der Waals surface area (Å²) in [5.74, 6) is 0.902. The van der Waals surface area contributed by atoms with Crippen LogP contribution in [0.5, 0.6) is 5.75 Å². The highest BCUT2D eigenvalue weighted by molar-refractivity contribution is 5.88. The molecule has 5 heteroatoms. The van der Waals surface area contributed by atoms with Gasteiger partial charge in [0.15, 0.2) is 0 Å². The Morgan fingerprint density at radius 2 is 1.83 bits per heavy atom. The maximum atomic E-state index is 12.0. The lowest BCUT2D eigenvalue weighted by Crippen LogP contribution is -2.22. The van der Waals surface area contributed by atoms with E-state index >= 15 is 0 Å². The second-order valence-corrected chi connectivity index (χ2v) is 5.70. The van der Waals surface area contributed by atoms with Crippen molar-refractivity contribution in [2.75, 3.05) is 13.7 Å². The van der Waals surface area contributed by atoms with Crippen LogP contribution in [0.3, 0.4) is 0 Å². The number of hydrogen-bond acceptors (Lipinski definition) is 3. The summed E-state index contributed by atoms with van der Waals surface area (Å²) in [5.41, 5.74) is 6.49. The second kappa shape index (κ2) is 10.9. The number of hydrogen-bond donors (Lipinski definition) is 2. The number of nitrogens with one attached hydrogen (secondary N) is 1. The van der Waals surface area contributed by atoms with E-state index in [0.29, 0.717) is 13.0 Å². The van der Waals surface area contributed by atoms with Gasteiger partial charge in [0.2, 0.25) is 5.91 Å². The molecule has 0 bridgehead atoms. The predicted molar refractivity (Wildman–Crippen MR) is 102 cm³/mol. The largest absolute Gasteiger partial charge is 0.496 e. The third-order valence-corrected chi connectivity index (χ3v) is 4.04. The number of unbranched alkanes of at least 4 members (excludes halogenated alkanes) is 3. The molecular weight excluding hydrogens is 324 g/mol. The van der Waals surface area contributed by atoms with Gasteiger partial charge in [-0.15, -0.1) is 12.4 Å². The monoisotopic (exact) mass is 350 g/mol. The fourth-order valence-electron chi connectivity index (χ4n) is 2.75. The van der Waals surface area contributed by atoms with E-state index < -0.39 is 0 Å². The number of methoxy groups -OCH3 is 1. The molecule has 0 aliphatic heterocycles. The number of benzene rings is 2. The highest BCUT2D eigenvalue weighted by Crippen LogP contribution is 2.27. The summed E-state index contributed by atoms with van der Waals surface area (Å²) in [5, 5.41) is 5.29. The molecule has 0 spiro atoms. The van der Waals surface area contributed by atoms with Gasteiger partial charge in [0.1, 0.15) is 5.75 Å². The number of carbonyl (C=O) groups is 1. The second-order valence-electron chi connectivity index (χ2n) is 5.70. The third-order valence-electron chi connectivity index (χ3n) is 4.04. The minimum absolute atomic E-state index is 0. The summed E-state index contributed by atoms with van der Waals surface area (Å²) in [6.45, 7) is 1.22. The van der Waals surface area contributed by atoms with Gasteiger partial charge in [0.05, 0.1) is 7.11 Å². The van der Waals surface area contributed by atoms with Crippen LogP contribution in [0, 0.1) is 0 Å². The highest BCUT2D eigenvalue weighted by Gasteiger charge is 2.09. The lowest BCUT2D eigenvalue weighted by Gasteiger charge is -2.13. The first-order valence-corrected chi connectivity index (χ1v) is 8.27. The van der Waals surface area contributed by atoms with E-state index in [9.17, 15) is 4.79 Å². The van der Waals surface area contributed by atoms with Crippen molar-refractivity contribution in [2.45, 2.75) is 38.6 Å². The zero-order valence-electron chi connectivity index (χ0n) is 14.2. The summed E-state index contributed by atoms with van der Waals surface area (Å²) >= 11 is 0. The van der Waals surface area contributed by atoms with E-state index in [0.717, 1.165) is 54.3 Å². The van der Waals surface area contributed by atoms with Crippen LogP contribution in [0.25, 0.3) is 10.8 Å². The summed E-state index contributed by atoms with van der Waals surface area (Å²) in [6.07, 6.45) is 4.67. The molecule has 2 aromatic rings. The van der Waals surface area contributed by atoms with Crippen LogP contribution in [0.1, 0.15) is 37.7 Å². The molecule has 0 saturated carbocycles. The van der Waals surface area contributed by atoms with Crippen LogP contribution >= 0.6 is 12.4 Å². The highest BCUT2D eigenvalue weighted by atomic mass is 35.5. The molecule has 132 valence electrons. The van der Waals surface area contributed by atoms with E-state index in [-0.39, 0.29) is 18.3 Å². The van der Waals surface area contributed by atoms with Crippen LogP contribution in [-0.2, 0) is 11.3 Å². The third kappa shape index (κ3) is 5.69. The first kappa shape index (κ1) is 20.3. The van der Waals surface area contributed by atoms with E-state index in [1.54, 1.807) is 7.11 Å². The van der Waals surface area contributed by atoms with Gasteiger partial charge in [-0.2, -0.15) is 0 Å². The normalized spacial score (nSPS) is 10.2. The lowest BCUT2D eigenvalue weighted by molar-refractivity contribution is -0.121. The molecule has 2 aromatic carbocycles. The van der Waals surface area contributed by atoms with Crippen LogP contribution < -0.4 is 15.8 Å². The number of amides is 1. The van der Waals surface area contributed by atoms with Crippen molar-refractivity contribution in [3.63, 3.8) is 0 Å². The molecule has 0 saturated heterocycles. The number of fused-ring (bicyclic) bond motifs is 1. The molecule has 0 heterocycles. The van der Waals surface area contributed by atoms with Gasteiger partial charge in [-0.05, 0) is 36.2 Å². The standard InChI is InChI=1S/C19H26N2O2.ClH/c1-23-18-12-11-15-8-5-6-9-16(15)17(18)14-21-19(22)10-4-2-3-7-13-20;/h5-6,8-9,11-12H,2-4,7,10,13-14,20H2,1H3,(H,21,22);1H. The average molecular weight is 351 g/mol. The van der Waals surface area contributed by atoms with Crippen molar-refractivity contribution in [1.82, 2.24) is 5.32 Å². The van der Waals surface area contributed by atoms with Crippen molar-refractivity contribution in [1.29, 1.82) is 0 Å². The van der Waals surface area contributed by atoms with Gasteiger partial charge in [-0.3, -0.25) is 4.79 Å². The number of rotatable bonds is 9. The van der Waals surface area contributed by atoms with Crippen molar-refractivity contribution in [3.05, 3.63) is 42.0 Å². The molecule has 3 N–H and O–H groups in total. The molecule has 2 rings (SSSR count). The summed E-state index contributed by atoms with van der Waals surface area (Å²) < 4.78 is 5.45. The Bertz CT molecular complexity index is 646. The first-order chi connectivity index (χ1) is 11.3. The Balaban J connectivity index is 0.00000288. The molecule has 1 amide bonds. The smallest absolute Gasteiger partial charge is 0.220 e. The van der Waals surface area contributed by atoms with Crippen LogP contribution in [0.2, 0.25) is 0 Å². The fourth-order valence-corrected chi connectivity index (χ4v) is 2.75. The molecule has 24 heavy (non-hydrogen) atoms. The quantitative estimate of drug-likeness (QED) is 0.676. The van der Waals surface area contributed by atoms with Crippen LogP contribution in [0.15, 0.2) is 36.4 Å². The van der Waals surface area contributed by atoms with Crippen LogP contribution in [-0.4, -0.2) is 19.6 Å². The molecule has 0 unspecified atom stereocenters. The predicted octanol–water partition coefficient (Wildman–Crippen LogP) is 3.80. The molecule has 0 atom stereocenters. The molecular formula is C19H27ClN2O2. The van der Waals surface area contributed by atoms with Gasteiger partial charge in [0, 0.05) is 18.5 Å². The van der Waals surface area contributed by atoms with E-state index in [4.69, 9.17) is 10.5 Å². The Labute approximate surface area is 150 Å². The molecule has 0 fully saturated rings. The average Bonchev–Trinajstić information content (AvgIpc) is 2.59. The molecule has 0 aliphatic carbocycles. The van der Waals surface area contributed by atoms with Crippen molar-refractivity contribution >= 4 is 29.1 Å². The van der Waals surface area contributed by atoms with Gasteiger partial charge in [-0.1, -0.05) is 43.2 Å². The SMILES string of the molecule is COc1ccc2ccccc2c1CNC(=O)CCCCCCN.Cl. The first-order valence-electron chi connectivity index (χ1n) is 8.27. The minimum atomic E-state index is 0. The van der Waals surface area contributed by atoms with Crippen LogP contribution in [0.4, 0.5) is 0 Å². The lowest BCUT2D eigenvalue weighted by atomic mass is 10.0. The van der Waals surface area contributed by atoms with E-state index in [2.05, 4.69) is 17.4 Å². The van der Waals surface area contributed by atoms with Gasteiger partial charge < -0.3 is 15.8 Å². The van der Waals surface area contributed by atoms with Crippen molar-refractivity contribution < 1.29 is 9.53 Å². The van der Waals surface area contributed by atoms with Gasteiger partial charge in [-0.25, -0.2) is 0 Å². The molecule has 4 nitrogen and oxygen atoms in total. The Morgan fingerprint density at radius 1 is 1.08 bits per heavy atom. The number of carbonyl (C=O) groups excluding carboxylic acids is 1. The Hall–Kier alpha value is -1.78. The van der Waals surface area contributed by atoms with Gasteiger partial charge >= 0.3 is 0 Å². The fraction of sp³-hybridized carbons (Fsp3) is 0.421. The number of ether oxygens (including phenoxy) is 1. The summed E-state index contributed by atoms with van der Waals surface area (Å²) in [7, 11) is 1.66.